The molecule has 0 amide bonds. The van der Waals surface area contributed by atoms with E-state index in [-0.39, 0.29) is 5.78 Å². The maximum Gasteiger partial charge on any atom is 0.179 e. The number of fused-ring (bicyclic) bond motifs is 1. The van der Waals surface area contributed by atoms with Gasteiger partial charge >= 0.3 is 0 Å². The van der Waals surface area contributed by atoms with Crippen LogP contribution < -0.4 is 9.47 Å². The third kappa shape index (κ3) is 2.31. The van der Waals surface area contributed by atoms with Gasteiger partial charge in [0.15, 0.2) is 17.3 Å². The molecular weight excluding hydrogens is 286 g/mol. The van der Waals surface area contributed by atoms with Crippen LogP contribution in [0.4, 0.5) is 0 Å². The van der Waals surface area contributed by atoms with Crippen molar-refractivity contribution in [2.75, 3.05) is 13.2 Å². The van der Waals surface area contributed by atoms with E-state index in [9.17, 15) is 4.79 Å². The SMILES string of the molecule is CC(=O)c1cnc(-c2cc(Cl)c3c(c2)OCCO3)s1. The van der Waals surface area contributed by atoms with E-state index in [0.717, 1.165) is 10.6 Å². The molecule has 0 spiro atoms. The summed E-state index contributed by atoms with van der Waals surface area (Å²) in [6, 6.07) is 3.61. The fraction of sp³-hybridized carbons (Fsp3) is 0.231. The quantitative estimate of drug-likeness (QED) is 0.796. The second kappa shape index (κ2) is 4.83. The third-order valence-corrected chi connectivity index (χ3v) is 4.12. The van der Waals surface area contributed by atoms with Crippen molar-refractivity contribution in [2.24, 2.45) is 0 Å². The molecule has 0 saturated heterocycles. The van der Waals surface area contributed by atoms with Crippen molar-refractivity contribution in [3.05, 3.63) is 28.2 Å². The van der Waals surface area contributed by atoms with Crippen molar-refractivity contribution in [1.82, 2.24) is 4.98 Å². The highest BCUT2D eigenvalue weighted by molar-refractivity contribution is 7.16. The molecule has 0 bridgehead atoms. The van der Waals surface area contributed by atoms with E-state index in [1.54, 1.807) is 12.3 Å². The number of hydrogen-bond acceptors (Lipinski definition) is 5. The van der Waals surface area contributed by atoms with E-state index in [1.807, 2.05) is 6.07 Å². The molecule has 6 heteroatoms. The summed E-state index contributed by atoms with van der Waals surface area (Å²) in [6.45, 7) is 2.52. The van der Waals surface area contributed by atoms with E-state index in [0.29, 0.717) is 34.6 Å². The molecule has 19 heavy (non-hydrogen) atoms. The van der Waals surface area contributed by atoms with Crippen molar-refractivity contribution < 1.29 is 14.3 Å². The Labute approximate surface area is 118 Å². The van der Waals surface area contributed by atoms with Gasteiger partial charge in [-0.05, 0) is 12.1 Å². The number of ether oxygens (including phenoxy) is 2. The fourth-order valence-electron chi connectivity index (χ4n) is 1.80. The van der Waals surface area contributed by atoms with Gasteiger partial charge in [0.1, 0.15) is 18.2 Å². The van der Waals surface area contributed by atoms with E-state index in [1.165, 1.54) is 18.3 Å². The number of rotatable bonds is 2. The van der Waals surface area contributed by atoms with E-state index in [4.69, 9.17) is 21.1 Å². The number of halogens is 1. The molecular formula is C13H10ClNO3S. The number of carbonyl (C=O) groups excluding carboxylic acids is 1. The maximum absolute atomic E-state index is 11.3. The van der Waals surface area contributed by atoms with Crippen molar-refractivity contribution in [3.8, 4) is 22.1 Å². The van der Waals surface area contributed by atoms with Gasteiger partial charge in [0.25, 0.3) is 0 Å². The summed E-state index contributed by atoms with van der Waals surface area (Å²) in [5.74, 6) is 1.20. The van der Waals surface area contributed by atoms with Gasteiger partial charge in [-0.15, -0.1) is 11.3 Å². The number of ketones is 1. The smallest absolute Gasteiger partial charge is 0.179 e. The van der Waals surface area contributed by atoms with E-state index in [2.05, 4.69) is 4.98 Å². The second-order valence-corrected chi connectivity index (χ2v) is 5.51. The van der Waals surface area contributed by atoms with Gasteiger partial charge in [0.2, 0.25) is 0 Å². The summed E-state index contributed by atoms with van der Waals surface area (Å²) >= 11 is 7.51. The van der Waals surface area contributed by atoms with Gasteiger partial charge in [0, 0.05) is 18.7 Å². The Hall–Kier alpha value is -1.59. The van der Waals surface area contributed by atoms with Crippen LogP contribution in [0.15, 0.2) is 18.3 Å². The Morgan fingerprint density at radius 2 is 2.16 bits per heavy atom. The number of nitrogens with zero attached hydrogens (tertiary/aromatic N) is 1. The third-order valence-electron chi connectivity index (χ3n) is 2.70. The molecule has 0 fully saturated rings. The van der Waals surface area contributed by atoms with E-state index < -0.39 is 0 Å². The average molecular weight is 296 g/mol. The lowest BCUT2D eigenvalue weighted by molar-refractivity contribution is 0.102. The number of Topliss-reactive ketones (excluding diaryl/α,β-unsaturated/α-hetero) is 1. The van der Waals surface area contributed by atoms with Crippen LogP contribution in [-0.2, 0) is 0 Å². The number of carbonyl (C=O) groups is 1. The van der Waals surface area contributed by atoms with Gasteiger partial charge < -0.3 is 9.47 Å². The summed E-state index contributed by atoms with van der Waals surface area (Å²) in [5, 5.41) is 1.23. The number of hydrogen-bond donors (Lipinski definition) is 0. The first-order chi connectivity index (χ1) is 9.15. The molecule has 0 aliphatic carbocycles. The van der Waals surface area contributed by atoms with Gasteiger partial charge in [-0.3, -0.25) is 4.79 Å². The first-order valence-electron chi connectivity index (χ1n) is 5.71. The van der Waals surface area contributed by atoms with Crippen molar-refractivity contribution >= 4 is 28.7 Å². The minimum absolute atomic E-state index is 0.00684. The minimum Gasteiger partial charge on any atom is -0.486 e. The molecule has 0 unspecified atom stereocenters. The van der Waals surface area contributed by atoms with Crippen LogP contribution in [0.2, 0.25) is 5.02 Å². The van der Waals surface area contributed by atoms with Gasteiger partial charge in [-0.2, -0.15) is 0 Å². The second-order valence-electron chi connectivity index (χ2n) is 4.07. The molecule has 4 nitrogen and oxygen atoms in total. The molecule has 3 rings (SSSR count). The standard InChI is InChI=1S/C13H10ClNO3S/c1-7(16)11-6-15-13(19-11)8-4-9(14)12-10(5-8)17-2-3-18-12/h4-6H,2-3H2,1H3. The van der Waals surface area contributed by atoms with Gasteiger partial charge in [-0.25, -0.2) is 4.98 Å². The molecule has 98 valence electrons. The Morgan fingerprint density at radius 1 is 1.37 bits per heavy atom. The number of thiazole rings is 1. The topological polar surface area (TPSA) is 48.4 Å². The van der Waals surface area contributed by atoms with Crippen molar-refractivity contribution in [3.63, 3.8) is 0 Å². The summed E-state index contributed by atoms with van der Waals surface area (Å²) in [5.41, 5.74) is 0.826. The van der Waals surface area contributed by atoms with Gasteiger partial charge in [0.05, 0.1) is 9.90 Å². The van der Waals surface area contributed by atoms with Crippen molar-refractivity contribution in [2.45, 2.75) is 6.92 Å². The Morgan fingerprint density at radius 3 is 2.89 bits per heavy atom. The predicted octanol–water partition coefficient (Wildman–Crippen LogP) is 3.44. The van der Waals surface area contributed by atoms with Crippen LogP contribution in [0.1, 0.15) is 16.6 Å². The maximum atomic E-state index is 11.3. The van der Waals surface area contributed by atoms with Gasteiger partial charge in [-0.1, -0.05) is 11.6 Å². The molecule has 0 saturated carbocycles. The first-order valence-corrected chi connectivity index (χ1v) is 6.91. The van der Waals surface area contributed by atoms with E-state index >= 15 is 0 Å². The summed E-state index contributed by atoms with van der Waals surface area (Å²) in [4.78, 5) is 16.2. The number of benzene rings is 1. The molecule has 1 aliphatic rings. The zero-order chi connectivity index (χ0) is 13.4. The lowest BCUT2D eigenvalue weighted by atomic mass is 10.2. The van der Waals surface area contributed by atoms with Crippen LogP contribution in [-0.4, -0.2) is 24.0 Å². The molecule has 0 N–H and O–H groups in total. The zero-order valence-corrected chi connectivity index (χ0v) is 11.7. The van der Waals surface area contributed by atoms with Crippen LogP contribution in [0.3, 0.4) is 0 Å². The summed E-state index contributed by atoms with van der Waals surface area (Å²) < 4.78 is 11.0. The van der Waals surface area contributed by atoms with Crippen LogP contribution in [0.5, 0.6) is 11.5 Å². The summed E-state index contributed by atoms with van der Waals surface area (Å²) in [6.07, 6.45) is 1.58. The highest BCUT2D eigenvalue weighted by Gasteiger charge is 2.18. The normalized spacial score (nSPS) is 13.4. The molecule has 2 aromatic rings. The lowest BCUT2D eigenvalue weighted by Crippen LogP contribution is -2.15. The Balaban J connectivity index is 2.05. The Kier molecular flexibility index (Phi) is 3.16. The fourth-order valence-corrected chi connectivity index (χ4v) is 2.87. The zero-order valence-electron chi connectivity index (χ0n) is 10.1. The summed E-state index contributed by atoms with van der Waals surface area (Å²) in [7, 11) is 0. The molecule has 0 radical (unpaired) electrons. The highest BCUT2D eigenvalue weighted by atomic mass is 35.5. The van der Waals surface area contributed by atoms with Crippen molar-refractivity contribution in [1.29, 1.82) is 0 Å². The van der Waals surface area contributed by atoms with Crippen LogP contribution >= 0.6 is 22.9 Å². The molecule has 2 heterocycles. The highest BCUT2D eigenvalue weighted by Crippen LogP contribution is 2.41. The minimum atomic E-state index is 0.00684. The molecule has 0 atom stereocenters. The van der Waals surface area contributed by atoms with Crippen LogP contribution in [0.25, 0.3) is 10.6 Å². The lowest BCUT2D eigenvalue weighted by Gasteiger charge is -2.19. The first kappa shape index (κ1) is 12.4. The average Bonchev–Trinajstić information content (AvgIpc) is 2.88. The number of aromatic nitrogens is 1. The molecule has 1 aliphatic heterocycles. The monoisotopic (exact) mass is 295 g/mol. The largest absolute Gasteiger partial charge is 0.486 e. The molecule has 1 aromatic carbocycles. The Bertz CT molecular complexity index is 653. The molecule has 1 aromatic heterocycles. The predicted molar refractivity (Wildman–Crippen MR) is 73.6 cm³/mol. The van der Waals surface area contributed by atoms with Crippen LogP contribution in [0, 0.1) is 0 Å².